The fourth-order valence-corrected chi connectivity index (χ4v) is 0.703. The van der Waals surface area contributed by atoms with E-state index in [2.05, 4.69) is 36.1 Å². The van der Waals surface area contributed by atoms with Gasteiger partial charge in [0.05, 0.1) is 0 Å². The maximum atomic E-state index is 10.6. The van der Waals surface area contributed by atoms with Crippen LogP contribution in [0.4, 0.5) is 0 Å². The van der Waals surface area contributed by atoms with Crippen molar-refractivity contribution < 1.29 is 24.0 Å². The summed E-state index contributed by atoms with van der Waals surface area (Å²) in [5, 5.41) is -0.546. The lowest BCUT2D eigenvalue weighted by atomic mass is 10.3. The first-order valence-electron chi connectivity index (χ1n) is 11.0. The van der Waals surface area contributed by atoms with Crippen LogP contribution in [0.25, 0.3) is 0 Å². The molecule has 0 atom stereocenters. The van der Waals surface area contributed by atoms with Crippen LogP contribution >= 0.6 is 23.2 Å². The minimum atomic E-state index is -0.273. The first-order valence-corrected chi connectivity index (χ1v) is 11.8. The summed E-state index contributed by atoms with van der Waals surface area (Å²) in [6.45, 7) is 15.2. The van der Waals surface area contributed by atoms with E-state index in [0.717, 1.165) is 0 Å². The SMILES string of the molecule is C=C=CC(=O)CC.C=C=CN.CCC(=O)C=C=CC(=O)CC.CCC(=O)Cl.CCC(=O)Cl.NC=C=CN. The summed E-state index contributed by atoms with van der Waals surface area (Å²) in [6.07, 6.45) is 10.0. The number of ketones is 3. The molecule has 0 radical (unpaired) electrons. The fourth-order valence-electron chi connectivity index (χ4n) is 0.703. The van der Waals surface area contributed by atoms with Crippen LogP contribution in [0.1, 0.15) is 66.7 Å². The molecule has 0 aromatic carbocycles. The van der Waals surface area contributed by atoms with Gasteiger partial charge in [0, 0.05) is 68.9 Å². The standard InChI is InChI=1S/C9H12O2.C6H8O.2C3H5ClO.C3H6N2.C3H5N/c1-3-8(10)6-5-7-9(11)4-2;1-3-5-6(7)4-2;2*1-2-3(4)5;4-2-1-3-5;1-2-3-4/h6-7H,3-4H2,1-2H3;5H,1,4H2,2H3;2*2H2,1H3;2-3H,4-5H2;3H,1,4H2. The van der Waals surface area contributed by atoms with E-state index in [-0.39, 0.29) is 27.8 Å². The summed E-state index contributed by atoms with van der Waals surface area (Å²) in [7, 11) is 0. The summed E-state index contributed by atoms with van der Waals surface area (Å²) >= 11 is 9.65. The topological polar surface area (TPSA) is 163 Å². The molecule has 0 fully saturated rings. The van der Waals surface area contributed by atoms with Crippen molar-refractivity contribution in [2.24, 2.45) is 17.2 Å². The normalized spacial score (nSPS) is 6.89. The second kappa shape index (κ2) is 45.8. The highest BCUT2D eigenvalue weighted by atomic mass is 35.5. The van der Waals surface area contributed by atoms with Gasteiger partial charge in [-0.05, 0) is 23.2 Å². The summed E-state index contributed by atoms with van der Waals surface area (Å²) in [5.74, 6) is 0.0605. The van der Waals surface area contributed by atoms with Crippen LogP contribution in [-0.2, 0) is 24.0 Å². The van der Waals surface area contributed by atoms with Crippen LogP contribution in [0.15, 0.2) is 72.9 Å². The van der Waals surface area contributed by atoms with Gasteiger partial charge in [0.2, 0.25) is 10.5 Å². The molecule has 0 unspecified atom stereocenters. The largest absolute Gasteiger partial charge is 0.398 e. The molecule has 0 aliphatic heterocycles. The highest BCUT2D eigenvalue weighted by Crippen LogP contribution is 1.84. The third-order valence-electron chi connectivity index (χ3n) is 2.66. The van der Waals surface area contributed by atoms with E-state index in [1.165, 1.54) is 36.8 Å². The Balaban J connectivity index is -0.0000000814. The Bertz CT molecular complexity index is 815. The van der Waals surface area contributed by atoms with E-state index in [1.807, 2.05) is 0 Å². The van der Waals surface area contributed by atoms with Gasteiger partial charge < -0.3 is 17.2 Å². The van der Waals surface area contributed by atoms with Gasteiger partial charge in [-0.1, -0.05) is 53.5 Å². The molecule has 0 bridgehead atoms. The lowest BCUT2D eigenvalue weighted by Gasteiger charge is -1.80. The molecule has 0 spiro atoms. The van der Waals surface area contributed by atoms with Crippen molar-refractivity contribution in [3.8, 4) is 0 Å². The van der Waals surface area contributed by atoms with Gasteiger partial charge in [0.15, 0.2) is 17.3 Å². The van der Waals surface area contributed by atoms with Gasteiger partial charge in [-0.25, -0.2) is 0 Å². The van der Waals surface area contributed by atoms with Crippen molar-refractivity contribution in [2.45, 2.75) is 66.7 Å². The van der Waals surface area contributed by atoms with Crippen molar-refractivity contribution >= 4 is 51.0 Å². The van der Waals surface area contributed by atoms with Crippen molar-refractivity contribution in [3.05, 3.63) is 72.9 Å². The van der Waals surface area contributed by atoms with E-state index < -0.39 is 0 Å². The second-order valence-electron chi connectivity index (χ2n) is 5.55. The van der Waals surface area contributed by atoms with Crippen LogP contribution in [0.2, 0.25) is 0 Å². The number of halogens is 2. The van der Waals surface area contributed by atoms with Gasteiger partial charge in [-0.2, -0.15) is 0 Å². The number of carbonyl (C=O) groups excluding carboxylic acids is 5. The molecule has 6 N–H and O–H groups in total. The number of hydrogen-bond acceptors (Lipinski definition) is 8. The number of allylic oxidation sites excluding steroid dienone is 2. The minimum Gasteiger partial charge on any atom is -0.398 e. The molecule has 10 heteroatoms. The first-order chi connectivity index (χ1) is 17.4. The Morgan fingerprint density at radius 2 is 0.838 bits per heavy atom. The van der Waals surface area contributed by atoms with Gasteiger partial charge in [-0.15, -0.1) is 17.2 Å². The Kier molecular flexibility index (Phi) is 57.9. The van der Waals surface area contributed by atoms with Crippen LogP contribution in [0.5, 0.6) is 0 Å². The molecule has 0 rings (SSSR count). The lowest BCUT2D eigenvalue weighted by molar-refractivity contribution is -0.115. The van der Waals surface area contributed by atoms with Gasteiger partial charge >= 0.3 is 0 Å². The molecule has 0 aliphatic carbocycles. The lowest BCUT2D eigenvalue weighted by Crippen LogP contribution is -1.87. The molecular formula is C27H41Cl2N3O5. The molecule has 37 heavy (non-hydrogen) atoms. The van der Waals surface area contributed by atoms with Crippen molar-refractivity contribution in [2.75, 3.05) is 0 Å². The van der Waals surface area contributed by atoms with E-state index in [0.29, 0.717) is 32.1 Å². The van der Waals surface area contributed by atoms with E-state index in [9.17, 15) is 24.0 Å². The smallest absolute Gasteiger partial charge is 0.221 e. The Labute approximate surface area is 231 Å². The van der Waals surface area contributed by atoms with Crippen LogP contribution in [0, 0.1) is 0 Å². The van der Waals surface area contributed by atoms with Crippen molar-refractivity contribution in [1.82, 2.24) is 0 Å². The van der Waals surface area contributed by atoms with E-state index in [4.69, 9.17) is 40.4 Å². The van der Waals surface area contributed by atoms with Crippen molar-refractivity contribution in [1.29, 1.82) is 0 Å². The minimum absolute atomic E-state index is 0.00912. The number of hydrogen-bond donors (Lipinski definition) is 3. The van der Waals surface area contributed by atoms with E-state index in [1.54, 1.807) is 34.6 Å². The quantitative estimate of drug-likeness (QED) is 0.211. The third-order valence-corrected chi connectivity index (χ3v) is 3.20. The second-order valence-corrected chi connectivity index (χ2v) is 6.39. The van der Waals surface area contributed by atoms with Crippen LogP contribution < -0.4 is 17.2 Å². The van der Waals surface area contributed by atoms with Gasteiger partial charge in [0.25, 0.3) is 0 Å². The first kappa shape index (κ1) is 46.7. The Hall–Kier alpha value is -3.59. The molecule has 0 aromatic heterocycles. The van der Waals surface area contributed by atoms with Crippen LogP contribution in [0.3, 0.4) is 0 Å². The predicted octanol–water partition coefficient (Wildman–Crippen LogP) is 5.06. The average molecular weight is 559 g/mol. The maximum absolute atomic E-state index is 10.6. The number of carbonyl (C=O) groups is 5. The summed E-state index contributed by atoms with van der Waals surface area (Å²) < 4.78 is 0. The van der Waals surface area contributed by atoms with Gasteiger partial charge in [-0.3, -0.25) is 24.0 Å². The number of rotatable bonds is 8. The third kappa shape index (κ3) is 88.4. The maximum Gasteiger partial charge on any atom is 0.221 e. The Morgan fingerprint density at radius 1 is 0.568 bits per heavy atom. The zero-order valence-corrected chi connectivity index (χ0v) is 24.0. The van der Waals surface area contributed by atoms with Gasteiger partial charge in [0.1, 0.15) is 0 Å². The molecule has 0 amide bonds. The monoisotopic (exact) mass is 557 g/mol. The highest BCUT2D eigenvalue weighted by molar-refractivity contribution is 6.63. The molecule has 208 valence electrons. The molecule has 0 aromatic rings. The van der Waals surface area contributed by atoms with E-state index >= 15 is 0 Å². The fraction of sp³-hybridized carbons (Fsp3) is 0.370. The molecule has 0 aliphatic rings. The zero-order chi connectivity index (χ0) is 30.5. The summed E-state index contributed by atoms with van der Waals surface area (Å²) in [5.41, 5.74) is 24.0. The molecule has 8 nitrogen and oxygen atoms in total. The average Bonchev–Trinajstić information content (AvgIpc) is 2.90. The Morgan fingerprint density at radius 3 is 0.946 bits per heavy atom. The number of nitrogens with two attached hydrogens (primary N) is 3. The van der Waals surface area contributed by atoms with Crippen molar-refractivity contribution in [3.63, 3.8) is 0 Å². The molecule has 0 heterocycles. The highest BCUT2D eigenvalue weighted by Gasteiger charge is 1.88. The molecular weight excluding hydrogens is 517 g/mol. The predicted molar refractivity (Wildman–Crippen MR) is 153 cm³/mol. The summed E-state index contributed by atoms with van der Waals surface area (Å²) in [6, 6.07) is 0. The summed E-state index contributed by atoms with van der Waals surface area (Å²) in [4.78, 5) is 50.7. The molecule has 0 saturated heterocycles. The molecule has 0 saturated carbocycles. The van der Waals surface area contributed by atoms with Crippen LogP contribution in [-0.4, -0.2) is 27.8 Å². The zero-order valence-electron chi connectivity index (χ0n) is 22.4.